The standard InChI is InChI=1S/C19H24N2O2S/c1-12(22)17-11-24-18-15(9-19(2,3)10-16(18)21-17)20-13-5-7-14(23-4)8-6-13/h5-8,17,21H,9-11H2,1-4H3/b20-15+. The number of nitrogens with zero attached hydrogens (tertiary/aromatic N) is 1. The number of allylic oxidation sites excluding steroid dienone is 2. The molecule has 1 aliphatic carbocycles. The maximum Gasteiger partial charge on any atom is 0.152 e. The summed E-state index contributed by atoms with van der Waals surface area (Å²) in [5, 5.41) is 3.45. The van der Waals surface area contributed by atoms with Crippen LogP contribution in [0.3, 0.4) is 0 Å². The second kappa shape index (κ2) is 6.63. The van der Waals surface area contributed by atoms with Gasteiger partial charge < -0.3 is 10.1 Å². The molecular weight excluding hydrogens is 320 g/mol. The number of hydrogen-bond acceptors (Lipinski definition) is 5. The summed E-state index contributed by atoms with van der Waals surface area (Å²) in [6.45, 7) is 6.16. The Kier molecular flexibility index (Phi) is 4.72. The molecule has 0 amide bonds. The molecule has 1 atom stereocenters. The monoisotopic (exact) mass is 344 g/mol. The first kappa shape index (κ1) is 17.1. The lowest BCUT2D eigenvalue weighted by atomic mass is 9.78. The Bertz CT molecular complexity index is 705. The fourth-order valence-corrected chi connectivity index (χ4v) is 4.40. The van der Waals surface area contributed by atoms with Crippen LogP contribution in [0.1, 0.15) is 33.6 Å². The van der Waals surface area contributed by atoms with Gasteiger partial charge in [-0.05, 0) is 49.4 Å². The van der Waals surface area contributed by atoms with Gasteiger partial charge in [0.1, 0.15) is 5.75 Å². The first-order valence-electron chi connectivity index (χ1n) is 8.23. The van der Waals surface area contributed by atoms with E-state index < -0.39 is 0 Å². The molecule has 4 nitrogen and oxygen atoms in total. The Hall–Kier alpha value is -1.75. The van der Waals surface area contributed by atoms with Gasteiger partial charge in [0.05, 0.1) is 24.6 Å². The van der Waals surface area contributed by atoms with Gasteiger partial charge in [-0.3, -0.25) is 9.79 Å². The van der Waals surface area contributed by atoms with Crippen LogP contribution in [0, 0.1) is 5.41 Å². The van der Waals surface area contributed by atoms with Gasteiger partial charge in [-0.25, -0.2) is 0 Å². The van der Waals surface area contributed by atoms with E-state index in [0.717, 1.165) is 35.7 Å². The van der Waals surface area contributed by atoms with Gasteiger partial charge in [-0.2, -0.15) is 0 Å². The van der Waals surface area contributed by atoms with Crippen molar-refractivity contribution in [2.45, 2.75) is 39.7 Å². The van der Waals surface area contributed by atoms with Crippen molar-refractivity contribution in [3.8, 4) is 5.75 Å². The minimum absolute atomic E-state index is 0.0788. The van der Waals surface area contributed by atoms with Crippen LogP contribution in [0.25, 0.3) is 0 Å². The highest BCUT2D eigenvalue weighted by Crippen LogP contribution is 2.43. The van der Waals surface area contributed by atoms with Crippen LogP contribution in [0.4, 0.5) is 5.69 Å². The second-order valence-corrected chi connectivity index (χ2v) is 8.23. The highest BCUT2D eigenvalue weighted by atomic mass is 32.2. The molecule has 5 heteroatoms. The Balaban J connectivity index is 1.94. The summed E-state index contributed by atoms with van der Waals surface area (Å²) < 4.78 is 5.21. The lowest BCUT2D eigenvalue weighted by Crippen LogP contribution is -2.44. The van der Waals surface area contributed by atoms with Gasteiger partial charge in [0.25, 0.3) is 0 Å². The molecule has 3 rings (SSSR count). The van der Waals surface area contributed by atoms with Crippen molar-refractivity contribution in [1.82, 2.24) is 5.32 Å². The quantitative estimate of drug-likeness (QED) is 0.897. The first-order chi connectivity index (χ1) is 11.4. The Morgan fingerprint density at radius 2 is 2.00 bits per heavy atom. The minimum atomic E-state index is -0.0788. The topological polar surface area (TPSA) is 50.7 Å². The molecule has 0 fully saturated rings. The van der Waals surface area contributed by atoms with Crippen LogP contribution >= 0.6 is 11.8 Å². The number of aliphatic imine (C=N–C) groups is 1. The summed E-state index contributed by atoms with van der Waals surface area (Å²) in [7, 11) is 1.66. The summed E-state index contributed by atoms with van der Waals surface area (Å²) in [6, 6.07) is 7.74. The van der Waals surface area contributed by atoms with Crippen LogP contribution in [0.5, 0.6) is 5.75 Å². The van der Waals surface area contributed by atoms with E-state index in [1.54, 1.807) is 25.8 Å². The Morgan fingerprint density at radius 1 is 1.29 bits per heavy atom. The molecule has 0 bridgehead atoms. The molecule has 2 aliphatic rings. The second-order valence-electron chi connectivity index (χ2n) is 7.20. The third kappa shape index (κ3) is 3.66. The van der Waals surface area contributed by atoms with E-state index in [0.29, 0.717) is 0 Å². The Labute approximate surface area is 147 Å². The number of ketones is 1. The third-order valence-electron chi connectivity index (χ3n) is 4.41. The van der Waals surface area contributed by atoms with Crippen molar-refractivity contribution in [2.24, 2.45) is 10.4 Å². The number of Topliss-reactive ketones (excluding diaryl/α,β-unsaturated/α-hetero) is 1. The summed E-state index contributed by atoms with van der Waals surface area (Å²) >= 11 is 1.76. The summed E-state index contributed by atoms with van der Waals surface area (Å²) in [5.41, 5.74) is 3.36. The lowest BCUT2D eigenvalue weighted by molar-refractivity contribution is -0.118. The average molecular weight is 344 g/mol. The zero-order chi connectivity index (χ0) is 17.3. The number of nitrogens with one attached hydrogen (secondary N) is 1. The number of carbonyl (C=O) groups excluding carboxylic acids is 1. The molecule has 1 aromatic carbocycles. The summed E-state index contributed by atoms with van der Waals surface area (Å²) in [5.74, 6) is 1.81. The third-order valence-corrected chi connectivity index (χ3v) is 5.68. The normalized spacial score (nSPS) is 24.3. The smallest absolute Gasteiger partial charge is 0.152 e. The van der Waals surface area contributed by atoms with Crippen molar-refractivity contribution < 1.29 is 9.53 Å². The van der Waals surface area contributed by atoms with Gasteiger partial charge in [0.2, 0.25) is 0 Å². The van der Waals surface area contributed by atoms with Crippen molar-refractivity contribution in [2.75, 3.05) is 12.9 Å². The number of rotatable bonds is 3. The van der Waals surface area contributed by atoms with Crippen molar-refractivity contribution in [1.29, 1.82) is 0 Å². The van der Waals surface area contributed by atoms with Gasteiger partial charge in [0.15, 0.2) is 5.78 Å². The molecule has 1 unspecified atom stereocenters. The molecule has 0 aromatic heterocycles. The number of thioether (sulfide) groups is 1. The summed E-state index contributed by atoms with van der Waals surface area (Å²) in [6.07, 6.45) is 1.90. The van der Waals surface area contributed by atoms with Crippen molar-refractivity contribution in [3.05, 3.63) is 34.9 Å². The van der Waals surface area contributed by atoms with Crippen LogP contribution < -0.4 is 10.1 Å². The number of methoxy groups -OCH3 is 1. The molecule has 0 radical (unpaired) electrons. The number of ether oxygens (including phenoxy) is 1. The highest BCUT2D eigenvalue weighted by molar-refractivity contribution is 8.04. The van der Waals surface area contributed by atoms with Crippen LogP contribution in [0.15, 0.2) is 39.9 Å². The molecule has 0 saturated heterocycles. The molecule has 0 saturated carbocycles. The van der Waals surface area contributed by atoms with Crippen LogP contribution in [-0.2, 0) is 4.79 Å². The van der Waals surface area contributed by atoms with E-state index in [2.05, 4.69) is 19.2 Å². The molecule has 0 spiro atoms. The molecule has 1 aromatic rings. The molecular formula is C19H24N2O2S. The maximum atomic E-state index is 11.7. The maximum absolute atomic E-state index is 11.7. The highest BCUT2D eigenvalue weighted by Gasteiger charge is 2.36. The fourth-order valence-electron chi connectivity index (χ4n) is 3.16. The van der Waals surface area contributed by atoms with Crippen LogP contribution in [0.2, 0.25) is 0 Å². The van der Waals surface area contributed by atoms with E-state index in [9.17, 15) is 4.79 Å². The average Bonchev–Trinajstić information content (AvgIpc) is 2.54. The fraction of sp³-hybridized carbons (Fsp3) is 0.474. The molecule has 1 aliphatic heterocycles. The van der Waals surface area contributed by atoms with Gasteiger partial charge in [-0.15, -0.1) is 11.8 Å². The SMILES string of the molecule is COc1ccc(/N=C2\CC(C)(C)CC3=C2SCC(C(C)=O)N3)cc1. The van der Waals surface area contributed by atoms with Gasteiger partial charge >= 0.3 is 0 Å². The number of carbonyl (C=O) groups is 1. The minimum Gasteiger partial charge on any atom is -0.497 e. The number of benzene rings is 1. The first-order valence-corrected chi connectivity index (χ1v) is 9.21. The zero-order valence-electron chi connectivity index (χ0n) is 14.7. The summed E-state index contributed by atoms with van der Waals surface area (Å²) in [4.78, 5) is 17.9. The van der Waals surface area contributed by atoms with E-state index >= 15 is 0 Å². The zero-order valence-corrected chi connectivity index (χ0v) is 15.5. The van der Waals surface area contributed by atoms with E-state index in [1.165, 1.54) is 10.6 Å². The molecule has 24 heavy (non-hydrogen) atoms. The van der Waals surface area contributed by atoms with Crippen LogP contribution in [-0.4, -0.2) is 30.4 Å². The predicted molar refractivity (Wildman–Crippen MR) is 100 cm³/mol. The number of hydrogen-bond donors (Lipinski definition) is 1. The predicted octanol–water partition coefficient (Wildman–Crippen LogP) is 4.09. The van der Waals surface area contributed by atoms with E-state index in [1.807, 2.05) is 24.3 Å². The molecule has 128 valence electrons. The van der Waals surface area contributed by atoms with Crippen molar-refractivity contribution in [3.63, 3.8) is 0 Å². The lowest BCUT2D eigenvalue weighted by Gasteiger charge is -2.38. The van der Waals surface area contributed by atoms with E-state index in [4.69, 9.17) is 9.73 Å². The van der Waals surface area contributed by atoms with Crippen molar-refractivity contribution >= 4 is 28.9 Å². The van der Waals surface area contributed by atoms with Gasteiger partial charge in [-0.1, -0.05) is 13.8 Å². The Morgan fingerprint density at radius 3 is 2.62 bits per heavy atom. The largest absolute Gasteiger partial charge is 0.497 e. The molecule has 1 heterocycles. The van der Waals surface area contributed by atoms with Gasteiger partial charge in [0, 0.05) is 16.4 Å². The van der Waals surface area contributed by atoms with E-state index in [-0.39, 0.29) is 17.2 Å². The molecule has 1 N–H and O–H groups in total.